The fourth-order valence-electron chi connectivity index (χ4n) is 8.48. The molecule has 4 aliphatic rings. The smallest absolute Gasteiger partial charge is 0.410 e. The van der Waals surface area contributed by atoms with Gasteiger partial charge in [0.1, 0.15) is 35.2 Å². The van der Waals surface area contributed by atoms with Crippen LogP contribution < -0.4 is 4.74 Å². The summed E-state index contributed by atoms with van der Waals surface area (Å²) in [5.74, 6) is 2.95. The van der Waals surface area contributed by atoms with E-state index in [1.54, 1.807) is 12.0 Å². The minimum absolute atomic E-state index is 0.153. The van der Waals surface area contributed by atoms with Gasteiger partial charge in [-0.25, -0.2) is 19.6 Å². The molecule has 0 radical (unpaired) electrons. The van der Waals surface area contributed by atoms with Crippen molar-refractivity contribution < 1.29 is 28.5 Å². The van der Waals surface area contributed by atoms with Crippen LogP contribution in [0, 0.1) is 11.8 Å². The number of aromatic amines is 2. The van der Waals surface area contributed by atoms with Crippen LogP contribution in [0.2, 0.25) is 0 Å². The predicted molar refractivity (Wildman–Crippen MR) is 204 cm³/mol. The molecule has 1 aliphatic carbocycles. The molecular weight excluding hydrogens is 684 g/mol. The van der Waals surface area contributed by atoms with Crippen LogP contribution in [-0.2, 0) is 33.7 Å². The third-order valence-corrected chi connectivity index (χ3v) is 10.8. The summed E-state index contributed by atoms with van der Waals surface area (Å²) in [5, 5.41) is 0. The van der Waals surface area contributed by atoms with E-state index in [4.69, 9.17) is 28.9 Å². The number of likely N-dealkylation sites (tertiary alicyclic amines) is 2. The molecule has 2 saturated heterocycles. The van der Waals surface area contributed by atoms with E-state index in [1.165, 1.54) is 5.56 Å². The molecule has 2 aromatic heterocycles. The summed E-state index contributed by atoms with van der Waals surface area (Å²) in [6.07, 6.45) is 4.48. The number of carbonyl (C=O) groups excluding carboxylic acids is 2. The molecule has 12 heteroatoms. The highest BCUT2D eigenvalue weighted by atomic mass is 16.6. The molecule has 12 nitrogen and oxygen atoms in total. The molecule has 2 fully saturated rings. The number of benzene rings is 2. The van der Waals surface area contributed by atoms with Crippen LogP contribution >= 0.6 is 0 Å². The molecule has 4 atom stereocenters. The minimum Gasteiger partial charge on any atom is -0.488 e. The third-order valence-electron chi connectivity index (χ3n) is 10.8. The molecule has 2 aromatic carbocycles. The van der Waals surface area contributed by atoms with Crippen molar-refractivity contribution in [3.05, 3.63) is 65.0 Å². The number of H-pyrrole nitrogens is 2. The Kier molecular flexibility index (Phi) is 9.02. The predicted octanol–water partition coefficient (Wildman–Crippen LogP) is 8.39. The normalized spacial score (nSPS) is 21.9. The molecular formula is C42H52N6O6. The fraction of sp³-hybridized carbons (Fsp3) is 0.524. The van der Waals surface area contributed by atoms with Gasteiger partial charge >= 0.3 is 12.2 Å². The molecule has 286 valence electrons. The van der Waals surface area contributed by atoms with Crippen molar-refractivity contribution in [1.29, 1.82) is 0 Å². The zero-order valence-electron chi connectivity index (χ0n) is 32.7. The van der Waals surface area contributed by atoms with Gasteiger partial charge in [0.15, 0.2) is 0 Å². The van der Waals surface area contributed by atoms with Crippen molar-refractivity contribution in [1.82, 2.24) is 29.7 Å². The van der Waals surface area contributed by atoms with E-state index in [-0.39, 0.29) is 30.2 Å². The number of amides is 2. The Morgan fingerprint density at radius 2 is 1.57 bits per heavy atom. The van der Waals surface area contributed by atoms with Gasteiger partial charge in [0.25, 0.3) is 0 Å². The highest BCUT2D eigenvalue weighted by Gasteiger charge is 2.41. The molecule has 8 rings (SSSR count). The second-order valence-corrected chi connectivity index (χ2v) is 17.5. The van der Waals surface area contributed by atoms with E-state index in [2.05, 4.69) is 47.2 Å². The lowest BCUT2D eigenvalue weighted by Crippen LogP contribution is -2.37. The van der Waals surface area contributed by atoms with Gasteiger partial charge < -0.3 is 28.9 Å². The minimum atomic E-state index is -0.592. The van der Waals surface area contributed by atoms with Crippen LogP contribution in [0.15, 0.2) is 36.5 Å². The summed E-state index contributed by atoms with van der Waals surface area (Å²) in [4.78, 5) is 47.0. The molecule has 0 unspecified atom stereocenters. The Morgan fingerprint density at radius 3 is 2.30 bits per heavy atom. The van der Waals surface area contributed by atoms with Crippen LogP contribution in [0.25, 0.3) is 33.6 Å². The van der Waals surface area contributed by atoms with Gasteiger partial charge in [0.05, 0.1) is 42.0 Å². The number of ether oxygens (including phenoxy) is 4. The van der Waals surface area contributed by atoms with E-state index in [0.29, 0.717) is 32.2 Å². The van der Waals surface area contributed by atoms with Crippen molar-refractivity contribution in [3.63, 3.8) is 0 Å². The second-order valence-electron chi connectivity index (χ2n) is 17.5. The number of imidazole rings is 2. The summed E-state index contributed by atoms with van der Waals surface area (Å²) < 4.78 is 23.4. The molecule has 54 heavy (non-hydrogen) atoms. The Balaban J connectivity index is 1.04. The van der Waals surface area contributed by atoms with Crippen LogP contribution in [-0.4, -0.2) is 79.9 Å². The Morgan fingerprint density at radius 1 is 0.852 bits per heavy atom. The molecule has 2 amide bonds. The average molecular weight is 737 g/mol. The van der Waals surface area contributed by atoms with Gasteiger partial charge in [-0.15, -0.1) is 0 Å². The summed E-state index contributed by atoms with van der Waals surface area (Å²) in [6, 6.07) is 10.5. The van der Waals surface area contributed by atoms with Crippen molar-refractivity contribution in [2.75, 3.05) is 26.8 Å². The van der Waals surface area contributed by atoms with Gasteiger partial charge in [-0.3, -0.25) is 9.80 Å². The molecule has 0 spiro atoms. The van der Waals surface area contributed by atoms with E-state index in [1.807, 2.05) is 52.6 Å². The maximum atomic E-state index is 13.2. The van der Waals surface area contributed by atoms with Crippen LogP contribution in [0.5, 0.6) is 5.75 Å². The number of aromatic nitrogens is 4. The first-order valence-electron chi connectivity index (χ1n) is 19.2. The highest BCUT2D eigenvalue weighted by molar-refractivity contribution is 5.83. The zero-order valence-corrected chi connectivity index (χ0v) is 32.7. The van der Waals surface area contributed by atoms with Crippen LogP contribution in [0.3, 0.4) is 0 Å². The monoisotopic (exact) mass is 736 g/mol. The van der Waals surface area contributed by atoms with E-state index in [0.717, 1.165) is 88.0 Å². The highest BCUT2D eigenvalue weighted by Crippen LogP contribution is 2.46. The summed E-state index contributed by atoms with van der Waals surface area (Å²) in [5.41, 5.74) is 8.46. The number of aryl methyl sites for hydroxylation is 2. The van der Waals surface area contributed by atoms with Crippen molar-refractivity contribution in [2.24, 2.45) is 11.8 Å². The molecule has 5 heterocycles. The molecule has 4 aromatic rings. The number of nitrogens with zero attached hydrogens (tertiary/aromatic N) is 4. The Labute approximate surface area is 316 Å². The molecule has 2 N–H and O–H groups in total. The maximum absolute atomic E-state index is 13.2. The van der Waals surface area contributed by atoms with Crippen molar-refractivity contribution in [3.8, 4) is 39.4 Å². The van der Waals surface area contributed by atoms with Crippen molar-refractivity contribution in [2.45, 2.75) is 104 Å². The number of hydrogen-bond acceptors (Lipinski definition) is 8. The second kappa shape index (κ2) is 13.5. The lowest BCUT2D eigenvalue weighted by atomic mass is 9.86. The topological polar surface area (TPSA) is 135 Å². The number of fused-ring (bicyclic) bond motifs is 6. The quantitative estimate of drug-likeness (QED) is 0.209. The number of nitrogens with one attached hydrogen (secondary N) is 2. The number of rotatable bonds is 5. The van der Waals surface area contributed by atoms with Crippen LogP contribution in [0.4, 0.5) is 9.59 Å². The first-order chi connectivity index (χ1) is 25.6. The third kappa shape index (κ3) is 6.96. The Hall–Kier alpha value is -4.84. The SMILES string of the molecule is COC[C@H]1C[C@@H](c2ncc(-c3ccc4c(c3)COc3cc5c(cc3-4)CCc3nc([C@@H]4C[C@H](C)CN4C(=O)OC(C)(C)C)[nH]c3-5)[nH]2)N(C(=O)OC(C)(C)C)C1. The fourth-order valence-corrected chi connectivity index (χ4v) is 8.48. The standard InChI is InChI=1S/C42H52N6O6/c1-23-13-33(47(19-23)39(49)53-41(2,3)4)38-44-31-12-10-25-16-30-28-11-9-26(15-27(28)22-52-35(30)17-29(25)36(31)46-38)32-18-43-37(45-32)34-14-24(21-51-8)20-48(34)40(50)54-42(5,6)7/h9,11,15-18,23-24,33-34H,10,12-14,19-22H2,1-8H3,(H,43,45)(H,44,46)/t23-,24-,33-,34-/m0/s1. The number of hydrogen-bond donors (Lipinski definition) is 2. The zero-order chi connectivity index (χ0) is 38.1. The lowest BCUT2D eigenvalue weighted by molar-refractivity contribution is 0.0201. The van der Waals surface area contributed by atoms with E-state index < -0.39 is 11.2 Å². The van der Waals surface area contributed by atoms with E-state index >= 15 is 0 Å². The van der Waals surface area contributed by atoms with Crippen molar-refractivity contribution >= 4 is 12.2 Å². The Bertz CT molecular complexity index is 2090. The number of methoxy groups -OCH3 is 1. The first-order valence-corrected chi connectivity index (χ1v) is 19.2. The summed E-state index contributed by atoms with van der Waals surface area (Å²) >= 11 is 0. The molecule has 0 saturated carbocycles. The van der Waals surface area contributed by atoms with Gasteiger partial charge in [-0.1, -0.05) is 19.1 Å². The first kappa shape index (κ1) is 36.2. The summed E-state index contributed by atoms with van der Waals surface area (Å²) in [6.45, 7) is 15.7. The van der Waals surface area contributed by atoms with Gasteiger partial charge in [0, 0.05) is 37.2 Å². The summed E-state index contributed by atoms with van der Waals surface area (Å²) in [7, 11) is 1.69. The maximum Gasteiger partial charge on any atom is 0.410 e. The van der Waals surface area contributed by atoms with Gasteiger partial charge in [-0.05, 0) is 114 Å². The van der Waals surface area contributed by atoms with Crippen LogP contribution in [0.1, 0.15) is 102 Å². The van der Waals surface area contributed by atoms with Gasteiger partial charge in [-0.2, -0.15) is 0 Å². The number of carbonyl (C=O) groups is 2. The molecule has 3 aliphatic heterocycles. The van der Waals surface area contributed by atoms with E-state index in [9.17, 15) is 9.59 Å². The van der Waals surface area contributed by atoms with Gasteiger partial charge in [0.2, 0.25) is 0 Å². The largest absolute Gasteiger partial charge is 0.488 e. The molecule has 0 bridgehead atoms. The lowest BCUT2D eigenvalue weighted by Gasteiger charge is -2.27. The average Bonchev–Trinajstić information content (AvgIpc) is 3.91.